The van der Waals surface area contributed by atoms with Crippen molar-refractivity contribution in [2.45, 2.75) is 6.18 Å². The third kappa shape index (κ3) is 3.50. The van der Waals surface area contributed by atoms with Gasteiger partial charge in [0.1, 0.15) is 5.82 Å². The summed E-state index contributed by atoms with van der Waals surface area (Å²) in [7, 11) is 3.25. The fraction of sp³-hybridized carbons (Fsp3) is 0.167. The number of rotatable bonds is 3. The Morgan fingerprint density at radius 2 is 1.85 bits per heavy atom. The molecule has 0 aliphatic carbocycles. The minimum atomic E-state index is -4.62. The maximum absolute atomic E-state index is 13.8. The highest BCUT2D eigenvalue weighted by molar-refractivity contribution is 7.20. The van der Waals surface area contributed by atoms with E-state index in [1.54, 1.807) is 20.2 Å². The molecule has 0 fully saturated rings. The molecule has 8 heteroatoms. The number of thiophene rings is 1. The zero-order valence-corrected chi connectivity index (χ0v) is 14.6. The van der Waals surface area contributed by atoms with Gasteiger partial charge in [0.2, 0.25) is 0 Å². The molecule has 0 spiro atoms. The average Bonchev–Trinajstić information content (AvgIpc) is 3.00. The van der Waals surface area contributed by atoms with E-state index in [9.17, 15) is 22.4 Å². The number of hydrogen-bond acceptors (Lipinski definition) is 3. The van der Waals surface area contributed by atoms with Crippen LogP contribution in [0.1, 0.15) is 15.2 Å². The first-order valence-electron chi connectivity index (χ1n) is 7.55. The van der Waals surface area contributed by atoms with Gasteiger partial charge in [-0.25, -0.2) is 4.39 Å². The Morgan fingerprint density at radius 3 is 2.46 bits per heavy atom. The van der Waals surface area contributed by atoms with Gasteiger partial charge in [-0.2, -0.15) is 13.2 Å². The molecule has 2 aromatic carbocycles. The van der Waals surface area contributed by atoms with Crippen LogP contribution in [-0.2, 0) is 6.18 Å². The van der Waals surface area contributed by atoms with Gasteiger partial charge < -0.3 is 10.2 Å². The fourth-order valence-corrected chi connectivity index (χ4v) is 3.45. The Labute approximate surface area is 150 Å². The van der Waals surface area contributed by atoms with Crippen molar-refractivity contribution in [3.63, 3.8) is 0 Å². The zero-order chi connectivity index (χ0) is 19.1. The smallest absolute Gasteiger partial charge is 0.378 e. The van der Waals surface area contributed by atoms with Crippen LogP contribution >= 0.6 is 11.3 Å². The maximum Gasteiger partial charge on any atom is 0.418 e. The maximum atomic E-state index is 13.8. The SMILES string of the molecule is CN(C)c1ccc(NC(=O)c2cc3c(F)cccc3s2)c(C(F)(F)F)c1. The minimum Gasteiger partial charge on any atom is -0.378 e. The van der Waals surface area contributed by atoms with Crippen molar-refractivity contribution in [2.75, 3.05) is 24.3 Å². The van der Waals surface area contributed by atoms with E-state index in [0.717, 1.165) is 17.4 Å². The van der Waals surface area contributed by atoms with Crippen LogP contribution in [0.25, 0.3) is 10.1 Å². The molecule has 136 valence electrons. The number of carbonyl (C=O) groups excluding carboxylic acids is 1. The number of fused-ring (bicyclic) bond motifs is 1. The van der Waals surface area contributed by atoms with Crippen molar-refractivity contribution < 1.29 is 22.4 Å². The molecule has 1 aromatic heterocycles. The average molecular weight is 382 g/mol. The molecule has 0 unspecified atom stereocenters. The number of amides is 1. The summed E-state index contributed by atoms with van der Waals surface area (Å²) in [6.07, 6.45) is -4.62. The Kier molecular flexibility index (Phi) is 4.62. The van der Waals surface area contributed by atoms with Crippen molar-refractivity contribution in [1.82, 2.24) is 0 Å². The number of alkyl halides is 3. The second-order valence-corrected chi connectivity index (χ2v) is 6.92. The number of nitrogens with one attached hydrogen (secondary N) is 1. The Morgan fingerprint density at radius 1 is 1.12 bits per heavy atom. The van der Waals surface area contributed by atoms with Crippen molar-refractivity contribution in [2.24, 2.45) is 0 Å². The Balaban J connectivity index is 1.96. The molecule has 3 aromatic rings. The number of anilines is 2. The highest BCUT2D eigenvalue weighted by Crippen LogP contribution is 2.37. The van der Waals surface area contributed by atoms with Gasteiger partial charge >= 0.3 is 6.18 Å². The normalized spacial score (nSPS) is 11.6. The minimum absolute atomic E-state index is 0.134. The van der Waals surface area contributed by atoms with Crippen molar-refractivity contribution in [1.29, 1.82) is 0 Å². The highest BCUT2D eigenvalue weighted by Gasteiger charge is 2.34. The summed E-state index contributed by atoms with van der Waals surface area (Å²) in [6, 6.07) is 9.43. The second kappa shape index (κ2) is 6.60. The third-order valence-electron chi connectivity index (χ3n) is 3.81. The summed E-state index contributed by atoms with van der Waals surface area (Å²) < 4.78 is 54.3. The molecule has 0 saturated heterocycles. The van der Waals surface area contributed by atoms with Gasteiger partial charge in [0.15, 0.2) is 0 Å². The summed E-state index contributed by atoms with van der Waals surface area (Å²) in [5, 5.41) is 2.56. The van der Waals surface area contributed by atoms with Crippen LogP contribution in [0, 0.1) is 5.82 Å². The van der Waals surface area contributed by atoms with Crippen LogP contribution in [0.2, 0.25) is 0 Å². The molecular formula is C18H14F4N2OS. The van der Waals surface area contributed by atoms with E-state index in [2.05, 4.69) is 5.32 Å². The van der Waals surface area contributed by atoms with Crippen molar-refractivity contribution >= 4 is 38.7 Å². The molecule has 1 N–H and O–H groups in total. The van der Waals surface area contributed by atoms with E-state index in [-0.39, 0.29) is 16.0 Å². The van der Waals surface area contributed by atoms with Crippen LogP contribution in [0.15, 0.2) is 42.5 Å². The first kappa shape index (κ1) is 18.2. The summed E-state index contributed by atoms with van der Waals surface area (Å²) in [5.41, 5.74) is -0.922. The number of halogens is 4. The molecule has 1 amide bonds. The molecule has 0 saturated carbocycles. The van der Waals surface area contributed by atoms with E-state index in [1.165, 1.54) is 35.2 Å². The number of carbonyl (C=O) groups is 1. The highest BCUT2D eigenvalue weighted by atomic mass is 32.1. The molecule has 1 heterocycles. The first-order valence-corrected chi connectivity index (χ1v) is 8.36. The molecule has 26 heavy (non-hydrogen) atoms. The molecular weight excluding hydrogens is 368 g/mol. The summed E-state index contributed by atoms with van der Waals surface area (Å²) in [4.78, 5) is 14.1. The molecule has 3 rings (SSSR count). The van der Waals surface area contributed by atoms with Crippen LogP contribution in [0.5, 0.6) is 0 Å². The second-order valence-electron chi connectivity index (χ2n) is 5.84. The van der Waals surface area contributed by atoms with Crippen LogP contribution in [0.3, 0.4) is 0 Å². The van der Waals surface area contributed by atoms with E-state index in [0.29, 0.717) is 10.4 Å². The Bertz CT molecular complexity index is 979. The number of nitrogens with zero attached hydrogens (tertiary/aromatic N) is 1. The van der Waals surface area contributed by atoms with Gasteiger partial charge in [0.05, 0.1) is 16.1 Å². The van der Waals surface area contributed by atoms with Crippen LogP contribution in [-0.4, -0.2) is 20.0 Å². The van der Waals surface area contributed by atoms with Gasteiger partial charge in [0.25, 0.3) is 5.91 Å². The van der Waals surface area contributed by atoms with Crippen molar-refractivity contribution in [3.05, 3.63) is 58.7 Å². The summed E-state index contributed by atoms with van der Waals surface area (Å²) >= 11 is 1.02. The topological polar surface area (TPSA) is 32.3 Å². The van der Waals surface area contributed by atoms with Gasteiger partial charge in [-0.15, -0.1) is 11.3 Å². The van der Waals surface area contributed by atoms with Gasteiger partial charge in [0, 0.05) is 29.9 Å². The molecule has 0 aliphatic rings. The lowest BCUT2D eigenvalue weighted by atomic mass is 10.1. The molecule has 0 aliphatic heterocycles. The van der Waals surface area contributed by atoms with Crippen LogP contribution < -0.4 is 10.2 Å². The van der Waals surface area contributed by atoms with Crippen LogP contribution in [0.4, 0.5) is 28.9 Å². The van der Waals surface area contributed by atoms with Crippen molar-refractivity contribution in [3.8, 4) is 0 Å². The molecule has 0 radical (unpaired) electrons. The lowest BCUT2D eigenvalue weighted by Crippen LogP contribution is -2.17. The predicted octanol–water partition coefficient (Wildman–Crippen LogP) is 5.38. The van der Waals surface area contributed by atoms with Gasteiger partial charge in [-0.3, -0.25) is 4.79 Å². The standard InChI is InChI=1S/C18H14F4N2OS/c1-24(2)10-6-7-14(12(8-10)18(20,21)22)23-17(25)16-9-11-13(19)4-3-5-15(11)26-16/h3-9H,1-2H3,(H,23,25). The molecule has 3 nitrogen and oxygen atoms in total. The van der Waals surface area contributed by atoms with E-state index in [1.807, 2.05) is 0 Å². The lowest BCUT2D eigenvalue weighted by molar-refractivity contribution is -0.136. The monoisotopic (exact) mass is 382 g/mol. The first-order chi connectivity index (χ1) is 12.2. The summed E-state index contributed by atoms with van der Waals surface area (Å²) in [5.74, 6) is -1.20. The molecule has 0 bridgehead atoms. The third-order valence-corrected chi connectivity index (χ3v) is 4.90. The van der Waals surface area contributed by atoms with Gasteiger partial charge in [-0.05, 0) is 36.4 Å². The predicted molar refractivity (Wildman–Crippen MR) is 95.5 cm³/mol. The quantitative estimate of drug-likeness (QED) is 0.617. The summed E-state index contributed by atoms with van der Waals surface area (Å²) in [6.45, 7) is 0. The van der Waals surface area contributed by atoms with E-state index >= 15 is 0 Å². The van der Waals surface area contributed by atoms with Gasteiger partial charge in [-0.1, -0.05) is 6.07 Å². The number of hydrogen-bond donors (Lipinski definition) is 1. The number of benzene rings is 2. The van der Waals surface area contributed by atoms with E-state index < -0.39 is 23.5 Å². The zero-order valence-electron chi connectivity index (χ0n) is 13.8. The largest absolute Gasteiger partial charge is 0.418 e. The Hall–Kier alpha value is -2.61. The lowest BCUT2D eigenvalue weighted by Gasteiger charge is -2.18. The van der Waals surface area contributed by atoms with E-state index in [4.69, 9.17) is 0 Å². The molecule has 0 atom stereocenters. The fourth-order valence-electron chi connectivity index (χ4n) is 2.48.